The summed E-state index contributed by atoms with van der Waals surface area (Å²) in [4.78, 5) is 26.0. The Morgan fingerprint density at radius 3 is 2.53 bits per heavy atom. The van der Waals surface area contributed by atoms with Gasteiger partial charge in [0.2, 0.25) is 0 Å². The number of ether oxygens (including phenoxy) is 4. The number of hydrogen-bond donors (Lipinski definition) is 2. The number of methoxy groups -OCH3 is 1. The van der Waals surface area contributed by atoms with Gasteiger partial charge in [-0.1, -0.05) is 6.07 Å². The van der Waals surface area contributed by atoms with Crippen LogP contribution in [0.25, 0.3) is 10.4 Å². The Kier molecular flexibility index (Phi) is 6.88. The van der Waals surface area contributed by atoms with Gasteiger partial charge in [-0.3, -0.25) is 10.1 Å². The minimum absolute atomic E-state index is 0.156. The summed E-state index contributed by atoms with van der Waals surface area (Å²) < 4.78 is 21.0. The van der Waals surface area contributed by atoms with Gasteiger partial charge in [0.25, 0.3) is 5.91 Å². The summed E-state index contributed by atoms with van der Waals surface area (Å²) in [5.74, 6) is 1.20. The average Bonchev–Trinajstić information content (AvgIpc) is 3.30. The molecule has 0 saturated carbocycles. The van der Waals surface area contributed by atoms with Crippen LogP contribution in [0.3, 0.4) is 0 Å². The van der Waals surface area contributed by atoms with E-state index in [0.29, 0.717) is 41.8 Å². The molecular weight excluding hydrogens is 432 g/mol. The van der Waals surface area contributed by atoms with Crippen LogP contribution in [0.2, 0.25) is 0 Å². The number of thiophene rings is 1. The summed E-state index contributed by atoms with van der Waals surface area (Å²) in [7, 11) is 1.53. The van der Waals surface area contributed by atoms with Gasteiger partial charge in [0.05, 0.1) is 11.5 Å². The van der Waals surface area contributed by atoms with E-state index in [9.17, 15) is 9.59 Å². The summed E-state index contributed by atoms with van der Waals surface area (Å²) in [5.41, 5.74) is 2.02. The van der Waals surface area contributed by atoms with Crippen molar-refractivity contribution in [2.75, 3.05) is 44.2 Å². The average molecular weight is 455 g/mol. The predicted molar refractivity (Wildman–Crippen MR) is 122 cm³/mol. The van der Waals surface area contributed by atoms with E-state index in [2.05, 4.69) is 10.6 Å². The van der Waals surface area contributed by atoms with Crippen LogP contribution in [-0.2, 0) is 9.47 Å². The number of rotatable bonds is 7. The second kappa shape index (κ2) is 10.2. The highest BCUT2D eigenvalue weighted by molar-refractivity contribution is 7.17. The van der Waals surface area contributed by atoms with Gasteiger partial charge in [0, 0.05) is 23.4 Å². The molecule has 1 aliphatic rings. The molecule has 2 N–H and O–H groups in total. The topological polar surface area (TPSA) is 95.1 Å². The lowest BCUT2D eigenvalue weighted by Crippen LogP contribution is -2.16. The first kappa shape index (κ1) is 21.7. The van der Waals surface area contributed by atoms with E-state index >= 15 is 0 Å². The van der Waals surface area contributed by atoms with Crippen LogP contribution in [0.1, 0.15) is 9.67 Å². The van der Waals surface area contributed by atoms with Gasteiger partial charge in [0.1, 0.15) is 19.8 Å². The fraction of sp³-hybridized carbons (Fsp3) is 0.217. The van der Waals surface area contributed by atoms with E-state index in [1.807, 2.05) is 24.3 Å². The maximum atomic E-state index is 12.7. The summed E-state index contributed by atoms with van der Waals surface area (Å²) in [6.07, 6.45) is -0.590. The van der Waals surface area contributed by atoms with Crippen LogP contribution in [0, 0.1) is 0 Å². The van der Waals surface area contributed by atoms with Gasteiger partial charge in [-0.15, -0.1) is 11.3 Å². The molecule has 166 valence electrons. The van der Waals surface area contributed by atoms with E-state index in [0.717, 1.165) is 16.2 Å². The molecule has 0 spiro atoms. The molecule has 1 aromatic heterocycles. The van der Waals surface area contributed by atoms with Crippen molar-refractivity contribution in [2.45, 2.75) is 0 Å². The van der Waals surface area contributed by atoms with Gasteiger partial charge in [-0.2, -0.15) is 0 Å². The summed E-state index contributed by atoms with van der Waals surface area (Å²) in [6, 6.07) is 16.3. The van der Waals surface area contributed by atoms with Gasteiger partial charge >= 0.3 is 6.09 Å². The third-order valence-electron chi connectivity index (χ3n) is 4.54. The van der Waals surface area contributed by atoms with Crippen molar-refractivity contribution in [1.82, 2.24) is 0 Å². The molecule has 3 aromatic rings. The largest absolute Gasteiger partial charge is 0.486 e. The van der Waals surface area contributed by atoms with Gasteiger partial charge in [-0.25, -0.2) is 4.79 Å². The molecule has 2 heterocycles. The molecule has 1 aliphatic heterocycles. The minimum Gasteiger partial charge on any atom is -0.486 e. The van der Waals surface area contributed by atoms with E-state index in [1.54, 1.807) is 30.3 Å². The lowest BCUT2D eigenvalue weighted by molar-refractivity contribution is 0.103. The highest BCUT2D eigenvalue weighted by Crippen LogP contribution is 2.37. The molecular formula is C23H22N2O6S. The lowest BCUT2D eigenvalue weighted by Gasteiger charge is -2.18. The van der Waals surface area contributed by atoms with Gasteiger partial charge < -0.3 is 24.3 Å². The molecule has 4 rings (SSSR count). The molecule has 8 nitrogen and oxygen atoms in total. The summed E-state index contributed by atoms with van der Waals surface area (Å²) in [6.45, 7) is 1.54. The van der Waals surface area contributed by atoms with Crippen LogP contribution >= 0.6 is 11.3 Å². The number of nitrogens with one attached hydrogen (secondary N) is 2. The van der Waals surface area contributed by atoms with Crippen molar-refractivity contribution in [3.8, 4) is 21.9 Å². The maximum absolute atomic E-state index is 12.7. The molecule has 0 atom stereocenters. The van der Waals surface area contributed by atoms with Crippen LogP contribution < -0.4 is 20.1 Å². The molecule has 0 fully saturated rings. The first-order valence-corrected chi connectivity index (χ1v) is 10.8. The second-order valence-corrected chi connectivity index (χ2v) is 7.89. The first-order valence-electron chi connectivity index (χ1n) is 9.96. The third kappa shape index (κ3) is 5.37. The number of carbonyl (C=O) groups is 2. The summed E-state index contributed by atoms with van der Waals surface area (Å²) >= 11 is 1.38. The molecule has 0 aliphatic carbocycles. The molecule has 0 radical (unpaired) electrons. The zero-order valence-electron chi connectivity index (χ0n) is 17.4. The lowest BCUT2D eigenvalue weighted by atomic mass is 10.1. The second-order valence-electron chi connectivity index (χ2n) is 6.81. The van der Waals surface area contributed by atoms with Crippen molar-refractivity contribution in [3.63, 3.8) is 0 Å². The SMILES string of the molecule is COCCOC(=O)Nc1cccc(NC(=O)c2ccc(-c3ccc4c(c3)OCCO4)s2)c1. The highest BCUT2D eigenvalue weighted by atomic mass is 32.1. The Bertz CT molecular complexity index is 1110. The van der Waals surface area contributed by atoms with Crippen LogP contribution in [0.15, 0.2) is 54.6 Å². The van der Waals surface area contributed by atoms with Gasteiger partial charge in [-0.05, 0) is 54.1 Å². The number of fused-ring (bicyclic) bond motifs is 1. The zero-order valence-corrected chi connectivity index (χ0v) is 18.2. The van der Waals surface area contributed by atoms with Crippen molar-refractivity contribution in [2.24, 2.45) is 0 Å². The van der Waals surface area contributed by atoms with E-state index < -0.39 is 6.09 Å². The first-order chi connectivity index (χ1) is 15.6. The van der Waals surface area contributed by atoms with Crippen LogP contribution in [0.4, 0.5) is 16.2 Å². The third-order valence-corrected chi connectivity index (χ3v) is 5.68. The molecule has 32 heavy (non-hydrogen) atoms. The van der Waals surface area contributed by atoms with Crippen molar-refractivity contribution < 1.29 is 28.5 Å². The molecule has 2 aromatic carbocycles. The van der Waals surface area contributed by atoms with Crippen molar-refractivity contribution in [3.05, 3.63) is 59.5 Å². The van der Waals surface area contributed by atoms with Crippen molar-refractivity contribution >= 4 is 34.7 Å². The van der Waals surface area contributed by atoms with E-state index in [-0.39, 0.29) is 12.5 Å². The molecule has 9 heteroatoms. The minimum atomic E-state index is -0.590. The Hall–Kier alpha value is -3.56. The zero-order chi connectivity index (χ0) is 22.3. The monoisotopic (exact) mass is 454 g/mol. The fourth-order valence-corrected chi connectivity index (χ4v) is 3.95. The summed E-state index contributed by atoms with van der Waals surface area (Å²) in [5, 5.41) is 5.47. The molecule has 0 unspecified atom stereocenters. The Morgan fingerprint density at radius 1 is 0.938 bits per heavy atom. The molecule has 0 saturated heterocycles. The number of anilines is 2. The highest BCUT2D eigenvalue weighted by Gasteiger charge is 2.15. The molecule has 2 amide bonds. The smallest absolute Gasteiger partial charge is 0.411 e. The molecule has 0 bridgehead atoms. The number of benzene rings is 2. The van der Waals surface area contributed by atoms with Crippen LogP contribution in [-0.4, -0.2) is 45.5 Å². The number of hydrogen-bond acceptors (Lipinski definition) is 7. The van der Waals surface area contributed by atoms with Crippen molar-refractivity contribution in [1.29, 1.82) is 0 Å². The van der Waals surface area contributed by atoms with Gasteiger partial charge in [0.15, 0.2) is 11.5 Å². The quantitative estimate of drug-likeness (QED) is 0.506. The maximum Gasteiger partial charge on any atom is 0.411 e. The number of amides is 2. The normalized spacial score (nSPS) is 12.2. The van der Waals surface area contributed by atoms with Crippen LogP contribution in [0.5, 0.6) is 11.5 Å². The Labute approximate surface area is 189 Å². The predicted octanol–water partition coefficient (Wildman–Crippen LogP) is 4.63. The van der Waals surface area contributed by atoms with E-state index in [1.165, 1.54) is 18.4 Å². The fourth-order valence-electron chi connectivity index (χ4n) is 3.05. The standard InChI is InChI=1S/C23H22N2O6S/c1-28-9-10-31-23(27)25-17-4-2-3-16(14-17)24-22(26)21-8-7-20(32-21)15-5-6-18-19(13-15)30-12-11-29-18/h2-8,13-14H,9-12H2,1H3,(H,24,26)(H,25,27). The number of carbonyl (C=O) groups excluding carboxylic acids is 2. The Balaban J connectivity index is 1.40. The Morgan fingerprint density at radius 2 is 1.72 bits per heavy atom. The van der Waals surface area contributed by atoms with E-state index in [4.69, 9.17) is 18.9 Å².